The van der Waals surface area contributed by atoms with E-state index in [1.54, 1.807) is 13.0 Å². The molecule has 2 aliphatic carbocycles. The van der Waals surface area contributed by atoms with Crippen LogP contribution in [0.5, 0.6) is 0 Å². The monoisotopic (exact) mass is 373 g/mol. The van der Waals surface area contributed by atoms with Crippen LogP contribution in [0.4, 0.5) is 0 Å². The van der Waals surface area contributed by atoms with Gasteiger partial charge in [0.1, 0.15) is 5.92 Å². The summed E-state index contributed by atoms with van der Waals surface area (Å²) in [4.78, 5) is 49.0. The molecular weight excluding hydrogens is 354 g/mol. The fourth-order valence-electron chi connectivity index (χ4n) is 4.94. The summed E-state index contributed by atoms with van der Waals surface area (Å²) in [6.07, 6.45) is 4.92. The zero-order valence-corrected chi connectivity index (χ0v) is 15.5. The summed E-state index contributed by atoms with van der Waals surface area (Å²) in [7, 11) is 0. The van der Waals surface area contributed by atoms with Crippen molar-refractivity contribution in [1.29, 1.82) is 0 Å². The number of halogens is 1. The highest BCUT2D eigenvalue weighted by atomic mass is 35.5. The predicted octanol–water partition coefficient (Wildman–Crippen LogP) is 2.89. The predicted molar refractivity (Wildman–Crippen MR) is 95.2 cm³/mol. The number of hydrogen-bond acceptors (Lipinski definition) is 4. The van der Waals surface area contributed by atoms with E-state index in [9.17, 15) is 19.2 Å². The summed E-state index contributed by atoms with van der Waals surface area (Å²) >= 11 is 6.53. The van der Waals surface area contributed by atoms with E-state index in [0.29, 0.717) is 34.1 Å². The van der Waals surface area contributed by atoms with Crippen LogP contribution < -0.4 is 5.32 Å². The number of amides is 2. The van der Waals surface area contributed by atoms with Crippen LogP contribution in [-0.4, -0.2) is 23.4 Å². The van der Waals surface area contributed by atoms with Crippen LogP contribution in [0.2, 0.25) is 5.02 Å². The highest BCUT2D eigenvalue weighted by Gasteiger charge is 2.50. The largest absolute Gasteiger partial charge is 0.295 e. The van der Waals surface area contributed by atoms with Crippen molar-refractivity contribution in [3.63, 3.8) is 0 Å². The van der Waals surface area contributed by atoms with Gasteiger partial charge < -0.3 is 0 Å². The summed E-state index contributed by atoms with van der Waals surface area (Å²) in [6.45, 7) is 3.70. The zero-order chi connectivity index (χ0) is 18.8. The van der Waals surface area contributed by atoms with Gasteiger partial charge in [0.25, 0.3) is 5.91 Å². The SMILES string of the molecule is Cc1c(C2C(=O)NC(=O)C2=O)cc2c(c1Cl)C(=O)C(C)(C1CCCC1)C2. The van der Waals surface area contributed by atoms with E-state index in [2.05, 4.69) is 5.32 Å². The molecule has 1 aliphatic heterocycles. The lowest BCUT2D eigenvalue weighted by Crippen LogP contribution is -2.32. The molecule has 1 aromatic rings. The van der Waals surface area contributed by atoms with E-state index in [1.165, 1.54) is 0 Å². The van der Waals surface area contributed by atoms with Crippen molar-refractivity contribution < 1.29 is 19.2 Å². The summed E-state index contributed by atoms with van der Waals surface area (Å²) in [6, 6.07) is 1.75. The lowest BCUT2D eigenvalue weighted by atomic mass is 9.73. The Labute approximate surface area is 156 Å². The molecule has 0 bridgehead atoms. The molecule has 1 heterocycles. The van der Waals surface area contributed by atoms with Crippen LogP contribution in [0.25, 0.3) is 0 Å². The van der Waals surface area contributed by atoms with Gasteiger partial charge in [-0.2, -0.15) is 0 Å². The van der Waals surface area contributed by atoms with Crippen LogP contribution in [0.1, 0.15) is 65.6 Å². The maximum Gasteiger partial charge on any atom is 0.295 e. The van der Waals surface area contributed by atoms with Gasteiger partial charge in [-0.15, -0.1) is 0 Å². The molecule has 2 unspecified atom stereocenters. The highest BCUT2D eigenvalue weighted by Crippen LogP contribution is 2.51. The van der Waals surface area contributed by atoms with Gasteiger partial charge in [0.15, 0.2) is 5.78 Å². The molecule has 0 radical (unpaired) electrons. The molecule has 0 spiro atoms. The lowest BCUT2D eigenvalue weighted by molar-refractivity contribution is -0.135. The third kappa shape index (κ3) is 2.22. The smallest absolute Gasteiger partial charge is 0.293 e. The fraction of sp³-hybridized carbons (Fsp3) is 0.500. The first kappa shape index (κ1) is 17.4. The van der Waals surface area contributed by atoms with Crippen molar-refractivity contribution in [2.45, 2.75) is 51.9 Å². The van der Waals surface area contributed by atoms with Crippen LogP contribution in [0.3, 0.4) is 0 Å². The minimum atomic E-state index is -1.17. The van der Waals surface area contributed by atoms with Crippen molar-refractivity contribution in [3.8, 4) is 0 Å². The zero-order valence-electron chi connectivity index (χ0n) is 14.8. The molecule has 4 rings (SSSR count). The Morgan fingerprint density at radius 3 is 2.38 bits per heavy atom. The molecule has 136 valence electrons. The Kier molecular flexibility index (Phi) is 3.85. The van der Waals surface area contributed by atoms with E-state index >= 15 is 0 Å². The number of Topliss-reactive ketones (excluding diaryl/α,β-unsaturated/α-hetero) is 2. The van der Waals surface area contributed by atoms with E-state index in [-0.39, 0.29) is 5.78 Å². The van der Waals surface area contributed by atoms with Crippen LogP contribution in [0, 0.1) is 18.3 Å². The molecule has 1 saturated heterocycles. The Morgan fingerprint density at radius 1 is 1.15 bits per heavy atom. The first-order valence-corrected chi connectivity index (χ1v) is 9.39. The van der Waals surface area contributed by atoms with E-state index in [4.69, 9.17) is 11.6 Å². The van der Waals surface area contributed by atoms with Crippen molar-refractivity contribution >= 4 is 35.0 Å². The van der Waals surface area contributed by atoms with Crippen molar-refractivity contribution in [2.24, 2.45) is 11.3 Å². The van der Waals surface area contributed by atoms with Crippen LogP contribution >= 0.6 is 11.6 Å². The average molecular weight is 374 g/mol. The molecule has 2 atom stereocenters. The van der Waals surface area contributed by atoms with Crippen LogP contribution in [-0.2, 0) is 20.8 Å². The first-order chi connectivity index (χ1) is 12.3. The summed E-state index contributed by atoms with van der Waals surface area (Å²) in [5.74, 6) is -3.04. The highest BCUT2D eigenvalue weighted by molar-refractivity contribution is 6.50. The minimum Gasteiger partial charge on any atom is -0.293 e. The normalized spacial score (nSPS) is 28.8. The third-order valence-corrected chi connectivity index (χ3v) is 6.96. The van der Waals surface area contributed by atoms with Gasteiger partial charge in [0.05, 0.1) is 5.02 Å². The van der Waals surface area contributed by atoms with Crippen molar-refractivity contribution in [3.05, 3.63) is 33.3 Å². The van der Waals surface area contributed by atoms with Gasteiger partial charge in [0, 0.05) is 11.0 Å². The van der Waals surface area contributed by atoms with Gasteiger partial charge >= 0.3 is 0 Å². The van der Waals surface area contributed by atoms with E-state index < -0.39 is 28.9 Å². The second-order valence-corrected chi connectivity index (χ2v) is 8.34. The molecule has 1 N–H and O–H groups in total. The number of rotatable bonds is 2. The molecule has 1 saturated carbocycles. The quantitative estimate of drug-likeness (QED) is 0.491. The summed E-state index contributed by atoms with van der Waals surface area (Å²) in [5.41, 5.74) is 1.79. The lowest BCUT2D eigenvalue weighted by Gasteiger charge is -2.29. The van der Waals surface area contributed by atoms with Gasteiger partial charge in [-0.05, 0) is 48.8 Å². The number of benzene rings is 1. The van der Waals surface area contributed by atoms with Crippen molar-refractivity contribution in [1.82, 2.24) is 5.32 Å². The topological polar surface area (TPSA) is 80.3 Å². The molecule has 2 fully saturated rings. The number of nitrogens with one attached hydrogen (secondary N) is 1. The first-order valence-electron chi connectivity index (χ1n) is 9.01. The molecule has 3 aliphatic rings. The Morgan fingerprint density at radius 2 is 1.81 bits per heavy atom. The van der Waals surface area contributed by atoms with E-state index in [0.717, 1.165) is 31.2 Å². The standard InChI is InChI=1S/C20H20ClNO4/c1-9-12(14-16(23)19(26)22-18(14)25)7-10-8-20(2,11-5-3-4-6-11)17(24)13(10)15(9)21/h7,11,14H,3-6,8H2,1-2H3,(H,22,25,26). The molecule has 0 aromatic heterocycles. The maximum absolute atomic E-state index is 13.2. The minimum absolute atomic E-state index is 0.0670. The number of carbonyl (C=O) groups excluding carboxylic acids is 4. The maximum atomic E-state index is 13.2. The second kappa shape index (κ2) is 5.74. The molecular formula is C20H20ClNO4. The van der Waals surface area contributed by atoms with Gasteiger partial charge in [0.2, 0.25) is 11.7 Å². The number of hydrogen-bond donors (Lipinski definition) is 1. The van der Waals surface area contributed by atoms with Gasteiger partial charge in [-0.25, -0.2) is 0 Å². The summed E-state index contributed by atoms with van der Waals surface area (Å²) < 4.78 is 0. The van der Waals surface area contributed by atoms with E-state index in [1.807, 2.05) is 6.92 Å². The molecule has 5 nitrogen and oxygen atoms in total. The molecule has 2 amide bonds. The van der Waals surface area contributed by atoms with Gasteiger partial charge in [-0.3, -0.25) is 24.5 Å². The number of ketones is 2. The average Bonchev–Trinajstić information content (AvgIpc) is 3.26. The van der Waals surface area contributed by atoms with Crippen molar-refractivity contribution in [2.75, 3.05) is 0 Å². The Balaban J connectivity index is 1.81. The number of carbonyl (C=O) groups is 4. The number of imide groups is 1. The van der Waals surface area contributed by atoms with Crippen LogP contribution in [0.15, 0.2) is 6.07 Å². The molecule has 6 heteroatoms. The fourth-order valence-corrected chi connectivity index (χ4v) is 5.26. The Hall–Kier alpha value is -2.01. The molecule has 26 heavy (non-hydrogen) atoms. The Bertz CT molecular complexity index is 884. The second-order valence-electron chi connectivity index (χ2n) is 7.96. The number of fused-ring (bicyclic) bond motifs is 1. The summed E-state index contributed by atoms with van der Waals surface area (Å²) in [5, 5.41) is 2.37. The third-order valence-electron chi connectivity index (χ3n) is 6.49. The molecule has 1 aromatic carbocycles. The van der Waals surface area contributed by atoms with Gasteiger partial charge in [-0.1, -0.05) is 37.4 Å².